The van der Waals surface area contributed by atoms with Gasteiger partial charge in [0.15, 0.2) is 5.17 Å². The molecule has 4 nitrogen and oxygen atoms in total. The quantitative estimate of drug-likeness (QED) is 0.850. The zero-order chi connectivity index (χ0) is 13.1. The highest BCUT2D eigenvalue weighted by Gasteiger charge is 2.35. The smallest absolute Gasteiger partial charge is 0.157 e. The second-order valence-electron chi connectivity index (χ2n) is 5.45. The Bertz CT molecular complexity index is 316. The molecule has 2 heterocycles. The van der Waals surface area contributed by atoms with Crippen LogP contribution in [-0.4, -0.2) is 48.9 Å². The average molecular weight is 272 g/mol. The Hall–Kier alpha value is -0.260. The molecule has 0 radical (unpaired) electrons. The molecule has 104 valence electrons. The summed E-state index contributed by atoms with van der Waals surface area (Å²) < 4.78 is 11.0. The normalized spacial score (nSPS) is 38.9. The summed E-state index contributed by atoms with van der Waals surface area (Å²) in [5, 5.41) is 4.63. The van der Waals surface area contributed by atoms with Crippen LogP contribution in [0, 0.1) is 0 Å². The van der Waals surface area contributed by atoms with Crippen LogP contribution in [0.25, 0.3) is 0 Å². The van der Waals surface area contributed by atoms with Crippen molar-refractivity contribution in [1.29, 1.82) is 0 Å². The van der Waals surface area contributed by atoms with E-state index in [1.807, 2.05) is 11.8 Å². The van der Waals surface area contributed by atoms with Gasteiger partial charge >= 0.3 is 0 Å². The first-order valence-corrected chi connectivity index (χ1v) is 7.68. The maximum atomic E-state index is 5.60. The van der Waals surface area contributed by atoms with Crippen molar-refractivity contribution >= 4 is 16.9 Å². The van der Waals surface area contributed by atoms with Crippen LogP contribution >= 0.6 is 11.8 Å². The molecule has 5 heteroatoms. The van der Waals surface area contributed by atoms with E-state index in [0.29, 0.717) is 13.2 Å². The summed E-state index contributed by atoms with van der Waals surface area (Å²) in [4.78, 5) is 4.72. The molecule has 2 atom stereocenters. The Morgan fingerprint density at radius 3 is 2.94 bits per heavy atom. The van der Waals surface area contributed by atoms with E-state index in [0.717, 1.165) is 30.4 Å². The minimum atomic E-state index is -0.199. The van der Waals surface area contributed by atoms with E-state index >= 15 is 0 Å². The lowest BCUT2D eigenvalue weighted by Gasteiger charge is -2.35. The highest BCUT2D eigenvalue weighted by molar-refractivity contribution is 8.13. The first-order valence-electron chi connectivity index (χ1n) is 6.70. The molecule has 18 heavy (non-hydrogen) atoms. The predicted molar refractivity (Wildman–Crippen MR) is 76.4 cm³/mol. The van der Waals surface area contributed by atoms with Gasteiger partial charge in [-0.25, -0.2) is 0 Å². The summed E-state index contributed by atoms with van der Waals surface area (Å²) in [7, 11) is 1.76. The third kappa shape index (κ3) is 3.19. The Labute approximate surface area is 114 Å². The molecular weight excluding hydrogens is 248 g/mol. The summed E-state index contributed by atoms with van der Waals surface area (Å²) in [6, 6.07) is 0. The second-order valence-corrected chi connectivity index (χ2v) is 6.53. The molecule has 2 fully saturated rings. The van der Waals surface area contributed by atoms with Gasteiger partial charge in [-0.2, -0.15) is 0 Å². The largest absolute Gasteiger partial charge is 0.378 e. The molecule has 0 aromatic rings. The molecule has 2 saturated heterocycles. The first-order chi connectivity index (χ1) is 8.61. The van der Waals surface area contributed by atoms with Gasteiger partial charge in [0, 0.05) is 31.4 Å². The number of amidine groups is 1. The minimum Gasteiger partial charge on any atom is -0.378 e. The average Bonchev–Trinajstić information content (AvgIpc) is 2.86. The molecule has 1 N–H and O–H groups in total. The molecule has 2 aliphatic heterocycles. The number of methoxy groups -OCH3 is 1. The number of hydrogen-bond acceptors (Lipinski definition) is 4. The zero-order valence-corrected chi connectivity index (χ0v) is 12.4. The molecule has 0 aromatic heterocycles. The third-order valence-corrected chi connectivity index (χ3v) is 5.01. The van der Waals surface area contributed by atoms with Crippen LogP contribution in [0.3, 0.4) is 0 Å². The Morgan fingerprint density at radius 2 is 2.33 bits per heavy atom. The monoisotopic (exact) mass is 272 g/mol. The molecule has 0 aromatic carbocycles. The first kappa shape index (κ1) is 14.2. The van der Waals surface area contributed by atoms with Gasteiger partial charge < -0.3 is 14.8 Å². The molecule has 2 rings (SSSR count). The summed E-state index contributed by atoms with van der Waals surface area (Å²) in [6.07, 6.45) is 3.27. The molecule has 2 aliphatic rings. The van der Waals surface area contributed by atoms with E-state index in [1.54, 1.807) is 7.11 Å². The van der Waals surface area contributed by atoms with Gasteiger partial charge in [0.25, 0.3) is 0 Å². The van der Waals surface area contributed by atoms with E-state index < -0.39 is 0 Å². The van der Waals surface area contributed by atoms with Gasteiger partial charge in [-0.05, 0) is 19.8 Å². The van der Waals surface area contributed by atoms with E-state index in [2.05, 4.69) is 19.2 Å². The Morgan fingerprint density at radius 1 is 1.50 bits per heavy atom. The SMILES string of the molecule is CCC1(C)CCSC(=NCC2(OC)CCOC2)N1. The summed E-state index contributed by atoms with van der Waals surface area (Å²) >= 11 is 1.82. The van der Waals surface area contributed by atoms with Crippen molar-refractivity contribution in [2.45, 2.75) is 44.2 Å². The van der Waals surface area contributed by atoms with Gasteiger partial charge in [0.2, 0.25) is 0 Å². The van der Waals surface area contributed by atoms with Gasteiger partial charge in [0.1, 0.15) is 5.60 Å². The number of aliphatic imine (C=N–C) groups is 1. The molecule has 0 spiro atoms. The fourth-order valence-electron chi connectivity index (χ4n) is 2.23. The van der Waals surface area contributed by atoms with Crippen molar-refractivity contribution in [2.75, 3.05) is 32.6 Å². The van der Waals surface area contributed by atoms with Crippen molar-refractivity contribution in [3.63, 3.8) is 0 Å². The van der Waals surface area contributed by atoms with Gasteiger partial charge in [-0.15, -0.1) is 0 Å². The lowest BCUT2D eigenvalue weighted by molar-refractivity contribution is -0.00901. The lowest BCUT2D eigenvalue weighted by atomic mass is 9.96. The highest BCUT2D eigenvalue weighted by Crippen LogP contribution is 2.27. The predicted octanol–water partition coefficient (Wildman–Crippen LogP) is 2.04. The standard InChI is InChI=1S/C13H24N2O2S/c1-4-12(2)6-8-18-11(15-12)14-9-13(16-3)5-7-17-10-13/h4-10H2,1-3H3,(H,14,15). The van der Waals surface area contributed by atoms with Crippen molar-refractivity contribution < 1.29 is 9.47 Å². The van der Waals surface area contributed by atoms with Crippen LogP contribution in [0.15, 0.2) is 4.99 Å². The third-order valence-electron chi connectivity index (χ3n) is 4.09. The molecule has 0 amide bonds. The summed E-state index contributed by atoms with van der Waals surface area (Å²) in [5.41, 5.74) is 0.00575. The van der Waals surface area contributed by atoms with Crippen LogP contribution in [0.2, 0.25) is 0 Å². The van der Waals surface area contributed by atoms with E-state index in [1.165, 1.54) is 6.42 Å². The van der Waals surface area contributed by atoms with Crippen LogP contribution in [0.5, 0.6) is 0 Å². The van der Waals surface area contributed by atoms with Crippen LogP contribution in [-0.2, 0) is 9.47 Å². The second kappa shape index (κ2) is 5.80. The highest BCUT2D eigenvalue weighted by atomic mass is 32.2. The summed E-state index contributed by atoms with van der Waals surface area (Å²) in [5.74, 6) is 1.15. The number of hydrogen-bond donors (Lipinski definition) is 1. The van der Waals surface area contributed by atoms with Crippen LogP contribution < -0.4 is 5.32 Å². The Kier molecular flexibility index (Phi) is 4.56. The van der Waals surface area contributed by atoms with Crippen molar-refractivity contribution in [3.05, 3.63) is 0 Å². The molecule has 0 bridgehead atoms. The van der Waals surface area contributed by atoms with Crippen molar-refractivity contribution in [3.8, 4) is 0 Å². The van der Waals surface area contributed by atoms with Gasteiger partial charge in [-0.3, -0.25) is 4.99 Å². The fourth-order valence-corrected chi connectivity index (χ4v) is 3.46. The number of rotatable bonds is 4. The van der Waals surface area contributed by atoms with Crippen molar-refractivity contribution in [1.82, 2.24) is 5.32 Å². The van der Waals surface area contributed by atoms with E-state index in [4.69, 9.17) is 14.5 Å². The minimum absolute atomic E-state index is 0.199. The topological polar surface area (TPSA) is 42.9 Å². The van der Waals surface area contributed by atoms with Gasteiger partial charge in [0.05, 0.1) is 13.2 Å². The van der Waals surface area contributed by atoms with Gasteiger partial charge in [-0.1, -0.05) is 18.7 Å². The number of nitrogens with one attached hydrogen (secondary N) is 1. The number of nitrogens with zero attached hydrogens (tertiary/aromatic N) is 1. The Balaban J connectivity index is 1.96. The zero-order valence-electron chi connectivity index (χ0n) is 11.6. The van der Waals surface area contributed by atoms with Crippen LogP contribution in [0.4, 0.5) is 0 Å². The molecule has 0 saturated carbocycles. The fraction of sp³-hybridized carbons (Fsp3) is 0.923. The summed E-state index contributed by atoms with van der Waals surface area (Å²) in [6.45, 7) is 6.63. The lowest BCUT2D eigenvalue weighted by Crippen LogP contribution is -2.48. The molecular formula is C13H24N2O2S. The van der Waals surface area contributed by atoms with E-state index in [9.17, 15) is 0 Å². The molecule has 0 aliphatic carbocycles. The van der Waals surface area contributed by atoms with E-state index in [-0.39, 0.29) is 11.1 Å². The van der Waals surface area contributed by atoms with Crippen LogP contribution in [0.1, 0.15) is 33.1 Å². The maximum absolute atomic E-state index is 5.60. The van der Waals surface area contributed by atoms with Crippen molar-refractivity contribution in [2.24, 2.45) is 4.99 Å². The number of thioether (sulfide) groups is 1. The number of ether oxygens (including phenoxy) is 2. The maximum Gasteiger partial charge on any atom is 0.157 e. The molecule has 2 unspecified atom stereocenters.